The number of carbonyl (C=O) groups excluding carboxylic acids is 1. The number of hydrogen-bond acceptors (Lipinski definition) is 6. The van der Waals surface area contributed by atoms with Crippen molar-refractivity contribution in [2.75, 3.05) is 51.3 Å². The standard InChI is InChI=1S/C29H33N7O2/c37-29(30-26-13-7-12-25(22-26)28-31-33-34-32-28)36(17-16-35-18-20-38-21-19-35)15-14-27(23-8-3-1-4-9-23)24-10-5-2-6-11-24/h1-13,22,27H,14-21H2,(H,30,37)(H,31,32,33,34). The van der Waals surface area contributed by atoms with Gasteiger partial charge in [0, 0.05) is 49.9 Å². The largest absolute Gasteiger partial charge is 0.379 e. The Morgan fingerprint density at radius 1 is 0.947 bits per heavy atom. The molecule has 2 N–H and O–H groups in total. The molecule has 1 saturated heterocycles. The van der Waals surface area contributed by atoms with E-state index in [1.165, 1.54) is 11.1 Å². The zero-order valence-corrected chi connectivity index (χ0v) is 21.4. The van der Waals surface area contributed by atoms with E-state index in [0.29, 0.717) is 24.6 Å². The summed E-state index contributed by atoms with van der Waals surface area (Å²) in [6.07, 6.45) is 0.813. The molecule has 0 unspecified atom stereocenters. The molecular formula is C29H33N7O2. The predicted octanol–water partition coefficient (Wildman–Crippen LogP) is 4.26. The van der Waals surface area contributed by atoms with E-state index in [4.69, 9.17) is 4.74 Å². The van der Waals surface area contributed by atoms with Crippen LogP contribution in [0, 0.1) is 0 Å². The van der Waals surface area contributed by atoms with Crippen molar-refractivity contribution in [2.24, 2.45) is 0 Å². The third-order valence-electron chi connectivity index (χ3n) is 6.89. The fourth-order valence-corrected chi connectivity index (χ4v) is 4.81. The number of anilines is 1. The second-order valence-electron chi connectivity index (χ2n) is 9.35. The van der Waals surface area contributed by atoms with Crippen LogP contribution in [-0.2, 0) is 4.74 Å². The Bertz CT molecular complexity index is 1220. The van der Waals surface area contributed by atoms with Crippen molar-refractivity contribution in [1.29, 1.82) is 0 Å². The van der Waals surface area contributed by atoms with Gasteiger partial charge in [0.1, 0.15) is 0 Å². The van der Waals surface area contributed by atoms with E-state index in [2.05, 4.69) is 79.4 Å². The number of carbonyl (C=O) groups is 1. The van der Waals surface area contributed by atoms with E-state index >= 15 is 0 Å². The van der Waals surface area contributed by atoms with Crippen LogP contribution in [0.2, 0.25) is 0 Å². The van der Waals surface area contributed by atoms with Crippen LogP contribution in [0.1, 0.15) is 23.5 Å². The van der Waals surface area contributed by atoms with Crippen LogP contribution in [-0.4, -0.2) is 82.4 Å². The quantitative estimate of drug-likeness (QED) is 0.330. The van der Waals surface area contributed by atoms with Gasteiger partial charge in [-0.2, -0.15) is 5.21 Å². The lowest BCUT2D eigenvalue weighted by molar-refractivity contribution is 0.0351. The van der Waals surface area contributed by atoms with E-state index in [1.807, 2.05) is 41.3 Å². The minimum absolute atomic E-state index is 0.122. The van der Waals surface area contributed by atoms with Gasteiger partial charge in [0.15, 0.2) is 0 Å². The normalized spacial score (nSPS) is 13.9. The van der Waals surface area contributed by atoms with E-state index < -0.39 is 0 Å². The van der Waals surface area contributed by atoms with Gasteiger partial charge < -0.3 is 15.0 Å². The van der Waals surface area contributed by atoms with Crippen LogP contribution in [0.15, 0.2) is 84.9 Å². The summed E-state index contributed by atoms with van der Waals surface area (Å²) in [6, 6.07) is 28.4. The number of nitrogens with zero attached hydrogens (tertiary/aromatic N) is 5. The topological polar surface area (TPSA) is 99.3 Å². The average Bonchev–Trinajstić information content (AvgIpc) is 3.52. The Balaban J connectivity index is 1.32. The van der Waals surface area contributed by atoms with Gasteiger partial charge in [0.25, 0.3) is 0 Å². The number of tetrazole rings is 1. The first-order valence-corrected chi connectivity index (χ1v) is 13.1. The van der Waals surface area contributed by atoms with Crippen molar-refractivity contribution in [3.05, 3.63) is 96.1 Å². The molecule has 4 aromatic rings. The fraction of sp³-hybridized carbons (Fsp3) is 0.310. The Labute approximate surface area is 222 Å². The second kappa shape index (κ2) is 12.9. The molecule has 0 atom stereocenters. The summed E-state index contributed by atoms with van der Waals surface area (Å²) in [5, 5.41) is 17.3. The Morgan fingerprint density at radius 3 is 2.32 bits per heavy atom. The van der Waals surface area contributed by atoms with Crippen LogP contribution >= 0.6 is 0 Å². The van der Waals surface area contributed by atoms with Crippen LogP contribution in [0.25, 0.3) is 11.4 Å². The average molecular weight is 512 g/mol. The van der Waals surface area contributed by atoms with Crippen LogP contribution in [0.5, 0.6) is 0 Å². The maximum atomic E-state index is 13.6. The third kappa shape index (κ3) is 6.81. The lowest BCUT2D eigenvalue weighted by atomic mass is 9.88. The summed E-state index contributed by atoms with van der Waals surface area (Å²) in [6.45, 7) is 5.30. The molecule has 0 saturated carbocycles. The molecule has 2 heterocycles. The molecule has 3 aromatic carbocycles. The highest BCUT2D eigenvalue weighted by Crippen LogP contribution is 2.28. The SMILES string of the molecule is O=C(Nc1cccc(-c2nn[nH]n2)c1)N(CCC(c1ccccc1)c1ccccc1)CCN1CCOCC1. The van der Waals surface area contributed by atoms with Crippen molar-refractivity contribution in [1.82, 2.24) is 30.4 Å². The van der Waals surface area contributed by atoms with Crippen LogP contribution < -0.4 is 5.32 Å². The van der Waals surface area contributed by atoms with Gasteiger partial charge in [-0.05, 0) is 34.9 Å². The third-order valence-corrected chi connectivity index (χ3v) is 6.89. The van der Waals surface area contributed by atoms with Crippen molar-refractivity contribution in [3.8, 4) is 11.4 Å². The van der Waals surface area contributed by atoms with Crippen LogP contribution in [0.3, 0.4) is 0 Å². The Kier molecular flexibility index (Phi) is 8.70. The minimum atomic E-state index is -0.122. The lowest BCUT2D eigenvalue weighted by Gasteiger charge is -2.31. The highest BCUT2D eigenvalue weighted by molar-refractivity contribution is 5.90. The summed E-state index contributed by atoms with van der Waals surface area (Å²) >= 11 is 0. The van der Waals surface area contributed by atoms with Gasteiger partial charge in [0.05, 0.1) is 13.2 Å². The summed E-state index contributed by atoms with van der Waals surface area (Å²) in [7, 11) is 0. The monoisotopic (exact) mass is 511 g/mol. The molecule has 1 aliphatic rings. The zero-order chi connectivity index (χ0) is 26.0. The van der Waals surface area contributed by atoms with Crippen molar-refractivity contribution >= 4 is 11.7 Å². The molecular weight excluding hydrogens is 478 g/mol. The fourth-order valence-electron chi connectivity index (χ4n) is 4.81. The van der Waals surface area contributed by atoms with E-state index in [1.54, 1.807) is 0 Å². The highest BCUT2D eigenvalue weighted by Gasteiger charge is 2.21. The number of urea groups is 1. The highest BCUT2D eigenvalue weighted by atomic mass is 16.5. The number of rotatable bonds is 10. The van der Waals surface area contributed by atoms with Gasteiger partial charge in [-0.25, -0.2) is 4.79 Å². The van der Waals surface area contributed by atoms with Gasteiger partial charge >= 0.3 is 6.03 Å². The summed E-state index contributed by atoms with van der Waals surface area (Å²) in [5.41, 5.74) is 3.97. The molecule has 1 fully saturated rings. The van der Waals surface area contributed by atoms with Crippen LogP contribution in [0.4, 0.5) is 10.5 Å². The minimum Gasteiger partial charge on any atom is -0.379 e. The number of amides is 2. The summed E-state index contributed by atoms with van der Waals surface area (Å²) in [4.78, 5) is 17.9. The number of ether oxygens (including phenoxy) is 1. The maximum Gasteiger partial charge on any atom is 0.321 e. The first-order chi connectivity index (χ1) is 18.8. The number of nitrogens with one attached hydrogen (secondary N) is 2. The molecule has 5 rings (SSSR count). The number of H-pyrrole nitrogens is 1. The molecule has 1 aliphatic heterocycles. The Hall–Kier alpha value is -4.08. The molecule has 0 aliphatic carbocycles. The van der Waals surface area contributed by atoms with E-state index in [-0.39, 0.29) is 11.9 Å². The second-order valence-corrected chi connectivity index (χ2v) is 9.35. The summed E-state index contributed by atoms with van der Waals surface area (Å²) < 4.78 is 5.50. The molecule has 9 nitrogen and oxygen atoms in total. The first-order valence-electron chi connectivity index (χ1n) is 13.1. The van der Waals surface area contributed by atoms with Gasteiger partial charge in [0.2, 0.25) is 5.82 Å². The molecule has 1 aromatic heterocycles. The van der Waals surface area contributed by atoms with Crippen molar-refractivity contribution in [2.45, 2.75) is 12.3 Å². The lowest BCUT2D eigenvalue weighted by Crippen LogP contribution is -2.44. The maximum absolute atomic E-state index is 13.6. The number of aromatic amines is 1. The number of benzene rings is 3. The number of aromatic nitrogens is 4. The number of morpholine rings is 1. The molecule has 196 valence electrons. The van der Waals surface area contributed by atoms with Gasteiger partial charge in [-0.3, -0.25) is 4.90 Å². The molecule has 0 bridgehead atoms. The first kappa shape index (κ1) is 25.6. The number of hydrogen-bond donors (Lipinski definition) is 2. The van der Waals surface area contributed by atoms with Crippen molar-refractivity contribution < 1.29 is 9.53 Å². The van der Waals surface area contributed by atoms with Gasteiger partial charge in [-0.15, -0.1) is 10.2 Å². The molecule has 38 heavy (non-hydrogen) atoms. The molecule has 9 heteroatoms. The Morgan fingerprint density at radius 2 is 1.66 bits per heavy atom. The van der Waals surface area contributed by atoms with E-state index in [9.17, 15) is 4.79 Å². The molecule has 0 radical (unpaired) electrons. The molecule has 2 amide bonds. The van der Waals surface area contributed by atoms with E-state index in [0.717, 1.165) is 44.8 Å². The van der Waals surface area contributed by atoms with Gasteiger partial charge in [-0.1, -0.05) is 72.8 Å². The van der Waals surface area contributed by atoms with Crippen molar-refractivity contribution in [3.63, 3.8) is 0 Å². The predicted molar refractivity (Wildman–Crippen MR) is 147 cm³/mol. The molecule has 0 spiro atoms. The summed E-state index contributed by atoms with van der Waals surface area (Å²) in [5.74, 6) is 0.677. The smallest absolute Gasteiger partial charge is 0.321 e. The zero-order valence-electron chi connectivity index (χ0n) is 21.4.